The minimum Gasteiger partial charge on any atom is -0.444 e. The number of ether oxygens (including phenoxy) is 1. The lowest BCUT2D eigenvalue weighted by molar-refractivity contribution is 0.0546. The summed E-state index contributed by atoms with van der Waals surface area (Å²) in [5.74, 6) is 0.293. The van der Waals surface area contributed by atoms with E-state index in [1.54, 1.807) is 27.0 Å². The Kier molecular flexibility index (Phi) is 4.91. The zero-order valence-corrected chi connectivity index (χ0v) is 9.26. The lowest BCUT2D eigenvalue weighted by atomic mass is 10.2. The first-order valence-corrected chi connectivity index (χ1v) is 4.56. The van der Waals surface area contributed by atoms with E-state index in [9.17, 15) is 4.79 Å². The summed E-state index contributed by atoms with van der Waals surface area (Å²) in [6.45, 7) is 10.9. The van der Waals surface area contributed by atoms with E-state index in [0.29, 0.717) is 5.82 Å². The minimum absolute atomic E-state index is 0.293. The Morgan fingerprint density at radius 2 is 2.14 bits per heavy atom. The number of carbonyl (C=O) groups is 1. The summed E-state index contributed by atoms with van der Waals surface area (Å²) in [7, 11) is 0. The summed E-state index contributed by atoms with van der Waals surface area (Å²) in [5, 5.41) is 2.42. The molecule has 0 radical (unpaired) electrons. The predicted molar refractivity (Wildman–Crippen MR) is 57.3 cm³/mol. The smallest absolute Gasteiger partial charge is 0.413 e. The molecule has 0 aliphatic heterocycles. The summed E-state index contributed by atoms with van der Waals surface area (Å²) < 4.78 is 5.00. The van der Waals surface area contributed by atoms with Crippen molar-refractivity contribution in [2.75, 3.05) is 0 Å². The van der Waals surface area contributed by atoms with E-state index in [-0.39, 0.29) is 0 Å². The molecule has 0 saturated heterocycles. The van der Waals surface area contributed by atoms with Crippen LogP contribution in [-0.4, -0.2) is 17.9 Å². The van der Waals surface area contributed by atoms with Crippen LogP contribution in [0.3, 0.4) is 0 Å². The van der Waals surface area contributed by atoms with Crippen molar-refractivity contribution in [3.05, 3.63) is 12.4 Å². The number of alkyl carbamates (subject to hydrolysis) is 1. The van der Waals surface area contributed by atoms with Crippen molar-refractivity contribution in [3.63, 3.8) is 0 Å². The van der Waals surface area contributed by atoms with Crippen LogP contribution in [0.15, 0.2) is 17.4 Å². The number of hydrogen-bond acceptors (Lipinski definition) is 3. The number of nitrogens with one attached hydrogen (secondary N) is 1. The van der Waals surface area contributed by atoms with Crippen LogP contribution in [0.5, 0.6) is 0 Å². The van der Waals surface area contributed by atoms with Crippen molar-refractivity contribution in [3.8, 4) is 0 Å². The Bertz CT molecular complexity index is 239. The van der Waals surface area contributed by atoms with Crippen molar-refractivity contribution in [1.82, 2.24) is 5.32 Å². The number of hydrogen-bond donors (Lipinski definition) is 1. The number of carbonyl (C=O) groups excluding carboxylic acids is 1. The van der Waals surface area contributed by atoms with Gasteiger partial charge in [-0.2, -0.15) is 0 Å². The fourth-order valence-electron chi connectivity index (χ4n) is 0.655. The number of nitrogens with zero attached hydrogens (tertiary/aromatic N) is 1. The molecule has 1 amide bonds. The maximum absolute atomic E-state index is 11.2. The molecule has 80 valence electrons. The monoisotopic (exact) mass is 198 g/mol. The molecule has 0 aromatic carbocycles. The average Bonchev–Trinajstić information content (AvgIpc) is 1.96. The van der Waals surface area contributed by atoms with Crippen molar-refractivity contribution in [1.29, 1.82) is 0 Å². The maximum Gasteiger partial charge on any atom is 0.413 e. The highest BCUT2D eigenvalue weighted by atomic mass is 16.6. The molecule has 1 N–H and O–H groups in total. The van der Waals surface area contributed by atoms with Crippen molar-refractivity contribution in [2.45, 2.75) is 39.7 Å². The zero-order valence-electron chi connectivity index (χ0n) is 9.26. The summed E-state index contributed by atoms with van der Waals surface area (Å²) in [6.07, 6.45) is 1.94. The molecule has 0 aliphatic carbocycles. The number of aliphatic imine (C=N–C) groups is 1. The molecule has 0 aromatic rings. The third kappa shape index (κ3) is 7.34. The summed E-state index contributed by atoms with van der Waals surface area (Å²) >= 11 is 0. The average molecular weight is 198 g/mol. The highest BCUT2D eigenvalue weighted by Gasteiger charge is 2.15. The first-order chi connectivity index (χ1) is 6.35. The van der Waals surface area contributed by atoms with Gasteiger partial charge in [-0.25, -0.2) is 9.79 Å². The van der Waals surface area contributed by atoms with Crippen LogP contribution >= 0.6 is 0 Å². The van der Waals surface area contributed by atoms with Crippen molar-refractivity contribution < 1.29 is 9.53 Å². The molecule has 0 heterocycles. The standard InChI is InChI=1S/C10H18N2O2/c1-6-7-11-8(2)12-9(13)14-10(3,4)5/h7H,2,6H2,1,3-5H3,(H,12,13)/b11-7-. The Balaban J connectivity index is 3.95. The van der Waals surface area contributed by atoms with Gasteiger partial charge in [0.2, 0.25) is 0 Å². The second-order valence-electron chi connectivity index (χ2n) is 3.79. The van der Waals surface area contributed by atoms with E-state index in [1.807, 2.05) is 6.92 Å². The van der Waals surface area contributed by atoms with Crippen molar-refractivity contribution >= 4 is 12.3 Å². The molecule has 0 saturated carbocycles. The van der Waals surface area contributed by atoms with E-state index in [4.69, 9.17) is 4.74 Å². The fraction of sp³-hybridized carbons (Fsp3) is 0.600. The topological polar surface area (TPSA) is 50.7 Å². The maximum atomic E-state index is 11.2. The van der Waals surface area contributed by atoms with Gasteiger partial charge < -0.3 is 4.74 Å². The molecule has 0 fully saturated rings. The van der Waals surface area contributed by atoms with Crippen LogP contribution in [0.25, 0.3) is 0 Å². The normalized spacial score (nSPS) is 11.4. The molecule has 0 atom stereocenters. The zero-order chi connectivity index (χ0) is 11.2. The third-order valence-corrected chi connectivity index (χ3v) is 1.07. The van der Waals surface area contributed by atoms with Crippen LogP contribution in [0.1, 0.15) is 34.1 Å². The van der Waals surface area contributed by atoms with Crippen LogP contribution < -0.4 is 5.32 Å². The molecule has 4 heteroatoms. The Labute approximate surface area is 85.1 Å². The van der Waals surface area contributed by atoms with E-state index in [2.05, 4.69) is 16.9 Å². The molecule has 14 heavy (non-hydrogen) atoms. The highest BCUT2D eigenvalue weighted by molar-refractivity contribution is 5.70. The van der Waals surface area contributed by atoms with Gasteiger partial charge in [-0.05, 0) is 27.2 Å². The van der Waals surface area contributed by atoms with Crippen LogP contribution in [0.4, 0.5) is 4.79 Å². The Morgan fingerprint density at radius 3 is 2.57 bits per heavy atom. The molecule has 0 bridgehead atoms. The third-order valence-electron chi connectivity index (χ3n) is 1.07. The van der Waals surface area contributed by atoms with Gasteiger partial charge >= 0.3 is 6.09 Å². The first kappa shape index (κ1) is 12.7. The van der Waals surface area contributed by atoms with Gasteiger partial charge in [0, 0.05) is 6.21 Å². The second kappa shape index (κ2) is 5.42. The van der Waals surface area contributed by atoms with Gasteiger partial charge in [-0.3, -0.25) is 5.32 Å². The largest absolute Gasteiger partial charge is 0.444 e. The molecule has 0 rings (SSSR count). The fourth-order valence-corrected chi connectivity index (χ4v) is 0.655. The molecule has 0 unspecified atom stereocenters. The lowest BCUT2D eigenvalue weighted by Gasteiger charge is -2.19. The van der Waals surface area contributed by atoms with Crippen LogP contribution in [-0.2, 0) is 4.74 Å². The number of rotatable bonds is 3. The lowest BCUT2D eigenvalue weighted by Crippen LogP contribution is -2.31. The predicted octanol–water partition coefficient (Wildman–Crippen LogP) is 2.46. The Morgan fingerprint density at radius 1 is 1.57 bits per heavy atom. The summed E-state index contributed by atoms with van der Waals surface area (Å²) in [4.78, 5) is 15.0. The van der Waals surface area contributed by atoms with E-state index >= 15 is 0 Å². The van der Waals surface area contributed by atoms with Crippen LogP contribution in [0.2, 0.25) is 0 Å². The quantitative estimate of drug-likeness (QED) is 0.708. The van der Waals surface area contributed by atoms with Gasteiger partial charge in [0.1, 0.15) is 11.4 Å². The molecule has 0 spiro atoms. The SMILES string of the molecule is C=C(/N=C\CC)NC(=O)OC(C)(C)C. The van der Waals surface area contributed by atoms with E-state index in [1.165, 1.54) is 0 Å². The number of amides is 1. The first-order valence-electron chi connectivity index (χ1n) is 4.56. The molecular formula is C10H18N2O2. The van der Waals surface area contributed by atoms with E-state index < -0.39 is 11.7 Å². The molecule has 0 aliphatic rings. The molecule has 0 aromatic heterocycles. The minimum atomic E-state index is -0.532. The highest BCUT2D eigenvalue weighted by Crippen LogP contribution is 2.06. The van der Waals surface area contributed by atoms with Gasteiger partial charge in [-0.15, -0.1) is 0 Å². The van der Waals surface area contributed by atoms with E-state index in [0.717, 1.165) is 6.42 Å². The molecule has 4 nitrogen and oxygen atoms in total. The van der Waals surface area contributed by atoms with Gasteiger partial charge in [0.15, 0.2) is 0 Å². The Hall–Kier alpha value is -1.32. The van der Waals surface area contributed by atoms with Gasteiger partial charge in [0.05, 0.1) is 0 Å². The van der Waals surface area contributed by atoms with Gasteiger partial charge in [-0.1, -0.05) is 13.5 Å². The molecular weight excluding hydrogens is 180 g/mol. The summed E-state index contributed by atoms with van der Waals surface area (Å²) in [6, 6.07) is 0. The second-order valence-corrected chi connectivity index (χ2v) is 3.79. The van der Waals surface area contributed by atoms with Crippen LogP contribution in [0, 0.1) is 0 Å². The van der Waals surface area contributed by atoms with Crippen molar-refractivity contribution in [2.24, 2.45) is 4.99 Å². The van der Waals surface area contributed by atoms with Gasteiger partial charge in [0.25, 0.3) is 0 Å². The summed E-state index contributed by atoms with van der Waals surface area (Å²) in [5.41, 5.74) is -0.501.